The molecule has 10 rings (SSSR count). The lowest BCUT2D eigenvalue weighted by Gasteiger charge is -2.46. The van der Waals surface area contributed by atoms with Crippen molar-refractivity contribution in [3.63, 3.8) is 0 Å². The molecular weight excluding hydrogens is 816 g/mol. The summed E-state index contributed by atoms with van der Waals surface area (Å²) >= 11 is 2.02. The average molecular weight is 887 g/mol. The Morgan fingerprint density at radius 1 is 0.485 bits per heavy atom. The van der Waals surface area contributed by atoms with Crippen LogP contribution in [0.2, 0.25) is 0 Å². The van der Waals surface area contributed by atoms with Crippen molar-refractivity contribution in [3.8, 4) is 11.1 Å². The fraction of sp³-hybridized carbons (Fsp3) is 0.387. The summed E-state index contributed by atoms with van der Waals surface area (Å²) < 4.78 is 2.80. The number of hydrogen-bond acceptors (Lipinski definition) is 3. The smallest absolute Gasteiger partial charge is 0.264 e. The molecule has 6 aromatic carbocycles. The first-order valence-corrected chi connectivity index (χ1v) is 25.4. The third-order valence-corrected chi connectivity index (χ3v) is 16.7. The van der Waals surface area contributed by atoms with E-state index < -0.39 is 0 Å². The van der Waals surface area contributed by atoms with Crippen molar-refractivity contribution < 1.29 is 0 Å². The highest BCUT2D eigenvalue weighted by atomic mass is 32.1. The summed E-state index contributed by atoms with van der Waals surface area (Å²) in [5.41, 5.74) is 21.4. The number of thiophene rings is 1. The second-order valence-corrected chi connectivity index (χ2v) is 26.5. The summed E-state index contributed by atoms with van der Waals surface area (Å²) in [5, 5.41) is 1.34. The summed E-state index contributed by atoms with van der Waals surface area (Å²) in [7, 11) is 0. The molecule has 2 aliphatic heterocycles. The maximum atomic E-state index is 2.71. The predicted molar refractivity (Wildman–Crippen MR) is 291 cm³/mol. The van der Waals surface area contributed by atoms with E-state index in [2.05, 4.69) is 236 Å². The standard InChI is InChI=1S/C62H71BN2S/c1-57(2,3)39-23-28-49(45(32-39)38-20-18-17-19-21-38)65-50-29-24-40(58(4,5)6)33-48(50)63-54-51(34-42(35-52(54)65)60(10,11)12)64(43-25-27-46-47(37-43)62(15,16)31-30-61(46,13)14)55-44-26-22-41(59(7,8)9)36-53(44)66-56(55)63/h17-29,32-37H,30-31H2,1-16H3. The molecule has 3 heterocycles. The highest BCUT2D eigenvalue weighted by molar-refractivity contribution is 7.33. The number of nitrogens with zero attached hydrogens (tertiary/aromatic N) is 2. The zero-order valence-corrected chi connectivity index (χ0v) is 43.6. The van der Waals surface area contributed by atoms with Crippen LogP contribution in [0.15, 0.2) is 115 Å². The lowest BCUT2D eigenvalue weighted by atomic mass is 9.36. The average Bonchev–Trinajstić information content (AvgIpc) is 3.62. The molecule has 1 aliphatic carbocycles. The van der Waals surface area contributed by atoms with E-state index in [0.717, 1.165) is 0 Å². The monoisotopic (exact) mass is 887 g/mol. The van der Waals surface area contributed by atoms with Crippen LogP contribution in [0, 0.1) is 0 Å². The topological polar surface area (TPSA) is 6.48 Å². The molecule has 0 unspecified atom stereocenters. The van der Waals surface area contributed by atoms with E-state index in [1.54, 1.807) is 0 Å². The second kappa shape index (κ2) is 14.7. The molecule has 3 aliphatic rings. The normalized spacial score (nSPS) is 16.5. The van der Waals surface area contributed by atoms with Crippen LogP contribution in [0.4, 0.5) is 34.1 Å². The summed E-state index contributed by atoms with van der Waals surface area (Å²) in [4.78, 5) is 5.37. The molecule has 0 amide bonds. The Balaban J connectivity index is 1.37. The van der Waals surface area contributed by atoms with Crippen LogP contribution < -0.4 is 25.5 Å². The van der Waals surface area contributed by atoms with Gasteiger partial charge in [-0.15, -0.1) is 11.3 Å². The van der Waals surface area contributed by atoms with E-state index in [-0.39, 0.29) is 39.2 Å². The maximum Gasteiger partial charge on any atom is 0.264 e. The molecule has 0 atom stereocenters. The van der Waals surface area contributed by atoms with Crippen LogP contribution in [0.1, 0.15) is 157 Å². The maximum absolute atomic E-state index is 2.71. The van der Waals surface area contributed by atoms with E-state index in [4.69, 9.17) is 0 Å². The molecule has 0 spiro atoms. The number of fused-ring (bicyclic) bond motifs is 7. The first-order valence-electron chi connectivity index (χ1n) is 24.6. The Morgan fingerprint density at radius 2 is 1.03 bits per heavy atom. The Labute approximate surface area is 401 Å². The first kappa shape index (κ1) is 44.8. The largest absolute Gasteiger partial charge is 0.311 e. The van der Waals surface area contributed by atoms with Gasteiger partial charge < -0.3 is 9.80 Å². The SMILES string of the molecule is CC(C)(C)c1ccc2c(c1)B1c3sc4cc(C(C)(C)C)ccc4c3N(c3ccc4c(c3)C(C)(C)CCC4(C)C)c3cc(C(C)(C)C)cc(c31)N2c1ccc(C(C)(C)C)cc1-c1ccccc1. The molecule has 4 heteroatoms. The highest BCUT2D eigenvalue weighted by Crippen LogP contribution is 2.53. The van der Waals surface area contributed by atoms with E-state index >= 15 is 0 Å². The van der Waals surface area contributed by atoms with Crippen molar-refractivity contribution in [2.24, 2.45) is 0 Å². The predicted octanol–water partition coefficient (Wildman–Crippen LogP) is 16.2. The summed E-state index contributed by atoms with van der Waals surface area (Å²) in [6, 6.07) is 45.9. The fourth-order valence-corrected chi connectivity index (χ4v) is 12.5. The molecule has 0 fully saturated rings. The van der Waals surface area contributed by atoms with Gasteiger partial charge >= 0.3 is 0 Å². The van der Waals surface area contributed by atoms with Gasteiger partial charge in [-0.05, 0) is 144 Å². The van der Waals surface area contributed by atoms with Crippen molar-refractivity contribution in [1.82, 2.24) is 0 Å². The number of anilines is 6. The van der Waals surface area contributed by atoms with Gasteiger partial charge in [0.2, 0.25) is 0 Å². The molecule has 0 N–H and O–H groups in total. The Bertz CT molecular complexity index is 3080. The zero-order valence-electron chi connectivity index (χ0n) is 42.8. The van der Waals surface area contributed by atoms with Gasteiger partial charge in [-0.2, -0.15) is 0 Å². The van der Waals surface area contributed by atoms with Crippen molar-refractivity contribution in [2.75, 3.05) is 9.80 Å². The van der Waals surface area contributed by atoms with E-state index in [1.165, 1.54) is 117 Å². The quantitative estimate of drug-likeness (QED) is 0.163. The van der Waals surface area contributed by atoms with Gasteiger partial charge in [-0.3, -0.25) is 0 Å². The van der Waals surface area contributed by atoms with Gasteiger partial charge in [0.15, 0.2) is 0 Å². The minimum Gasteiger partial charge on any atom is -0.311 e. The number of rotatable bonds is 3. The first-order chi connectivity index (χ1) is 30.7. The molecular formula is C62H71BN2S. The molecule has 66 heavy (non-hydrogen) atoms. The minimum absolute atomic E-state index is 0.0104. The van der Waals surface area contributed by atoms with Crippen LogP contribution >= 0.6 is 11.3 Å². The molecule has 338 valence electrons. The van der Waals surface area contributed by atoms with Crippen molar-refractivity contribution in [1.29, 1.82) is 0 Å². The third-order valence-electron chi connectivity index (χ3n) is 15.5. The van der Waals surface area contributed by atoms with Crippen LogP contribution in [0.25, 0.3) is 21.2 Å². The molecule has 0 radical (unpaired) electrons. The fourth-order valence-electron chi connectivity index (χ4n) is 11.1. The zero-order chi connectivity index (χ0) is 47.3. The third kappa shape index (κ3) is 7.19. The molecule has 0 bridgehead atoms. The van der Waals surface area contributed by atoms with Crippen LogP contribution in [-0.2, 0) is 32.5 Å². The second-order valence-electron chi connectivity index (χ2n) is 25.4. The Hall–Kier alpha value is -5.06. The van der Waals surface area contributed by atoms with Gasteiger partial charge in [0.25, 0.3) is 6.71 Å². The lowest BCUT2D eigenvalue weighted by Crippen LogP contribution is -2.60. The summed E-state index contributed by atoms with van der Waals surface area (Å²) in [6.07, 6.45) is 2.37. The van der Waals surface area contributed by atoms with Gasteiger partial charge in [-0.25, -0.2) is 0 Å². The van der Waals surface area contributed by atoms with Gasteiger partial charge in [0, 0.05) is 43.2 Å². The Kier molecular flexibility index (Phi) is 9.98. The lowest BCUT2D eigenvalue weighted by molar-refractivity contribution is 0.332. The summed E-state index contributed by atoms with van der Waals surface area (Å²) in [6.45, 7) is 38.2. The molecule has 0 saturated carbocycles. The van der Waals surface area contributed by atoms with E-state index in [1.807, 2.05) is 11.3 Å². The molecule has 0 saturated heterocycles. The van der Waals surface area contributed by atoms with E-state index in [9.17, 15) is 0 Å². The van der Waals surface area contributed by atoms with Gasteiger partial charge in [0.1, 0.15) is 0 Å². The van der Waals surface area contributed by atoms with Crippen molar-refractivity contribution in [3.05, 3.63) is 149 Å². The Morgan fingerprint density at radius 3 is 1.65 bits per heavy atom. The highest BCUT2D eigenvalue weighted by Gasteiger charge is 2.47. The summed E-state index contributed by atoms with van der Waals surface area (Å²) in [5.74, 6) is 0. The van der Waals surface area contributed by atoms with E-state index in [0.29, 0.717) is 0 Å². The molecule has 2 nitrogen and oxygen atoms in total. The van der Waals surface area contributed by atoms with Gasteiger partial charge in [-0.1, -0.05) is 178 Å². The van der Waals surface area contributed by atoms with Crippen molar-refractivity contribution >= 4 is 78.0 Å². The molecule has 7 aromatic rings. The van der Waals surface area contributed by atoms with Crippen molar-refractivity contribution in [2.45, 2.75) is 156 Å². The van der Waals surface area contributed by atoms with Gasteiger partial charge in [0.05, 0.1) is 11.4 Å². The number of benzene rings is 6. The van der Waals surface area contributed by atoms with Crippen LogP contribution in [0.5, 0.6) is 0 Å². The minimum atomic E-state index is -0.118. The van der Waals surface area contributed by atoms with Crippen LogP contribution in [0.3, 0.4) is 0 Å². The molecule has 1 aromatic heterocycles. The number of hydrogen-bond donors (Lipinski definition) is 0. The van der Waals surface area contributed by atoms with Crippen LogP contribution in [-0.4, -0.2) is 6.71 Å².